The van der Waals surface area contributed by atoms with Gasteiger partial charge in [-0.05, 0) is 73.1 Å². The molecule has 1 aromatic heterocycles. The zero-order valence-electron chi connectivity index (χ0n) is 27.2. The molecule has 0 saturated carbocycles. The van der Waals surface area contributed by atoms with Crippen molar-refractivity contribution in [1.29, 1.82) is 0 Å². The number of anilines is 2. The Balaban J connectivity index is 0.000000406. The van der Waals surface area contributed by atoms with Gasteiger partial charge in [0.05, 0.1) is 0 Å². The monoisotopic (exact) mass is 639 g/mol. The number of pyridine rings is 1. The number of aromatic nitrogens is 1. The van der Waals surface area contributed by atoms with E-state index >= 15 is 0 Å². The first kappa shape index (κ1) is 35.0. The minimum Gasteiger partial charge on any atom is -0.381 e. The standard InChI is InChI=1S/C30H30N3O2P.2C4H8O/c1-30(2,3)21-28(34)32-26-19-12-20-27(31-26)33-29(35)24-17-10-11-18-25(24)36(22-13-6-4-7-14-22)23-15-8-5-9-16-23;2*1-2-4-5-3-1/h4-20H,21H2,1-3H3,(H2,31,32,33,34,35);2*1-4H2. The quantitative estimate of drug-likeness (QED) is 0.212. The molecule has 0 bridgehead atoms. The summed E-state index contributed by atoms with van der Waals surface area (Å²) in [4.78, 5) is 30.3. The van der Waals surface area contributed by atoms with Gasteiger partial charge in [-0.25, -0.2) is 4.98 Å². The predicted molar refractivity (Wildman–Crippen MR) is 190 cm³/mol. The SMILES string of the molecule is C1CCOC1.C1CCOC1.CC(C)(C)CC(=O)Nc1cccc(NC(=O)c2ccccc2P(c2ccccc2)c2ccccc2)n1. The van der Waals surface area contributed by atoms with Crippen molar-refractivity contribution in [3.63, 3.8) is 0 Å². The molecule has 2 amide bonds. The predicted octanol–water partition coefficient (Wildman–Crippen LogP) is 7.06. The summed E-state index contributed by atoms with van der Waals surface area (Å²) in [6.45, 7) is 10.0. The molecule has 2 saturated heterocycles. The first-order valence-corrected chi connectivity index (χ1v) is 17.4. The fourth-order valence-corrected chi connectivity index (χ4v) is 7.34. The van der Waals surface area contributed by atoms with Crippen LogP contribution in [0.5, 0.6) is 0 Å². The van der Waals surface area contributed by atoms with Gasteiger partial charge in [0.1, 0.15) is 11.6 Å². The number of nitrogens with one attached hydrogen (secondary N) is 2. The van der Waals surface area contributed by atoms with Gasteiger partial charge < -0.3 is 20.1 Å². The van der Waals surface area contributed by atoms with Crippen molar-refractivity contribution in [3.05, 3.63) is 109 Å². The molecule has 4 aromatic rings. The van der Waals surface area contributed by atoms with Crippen LogP contribution in [0.1, 0.15) is 63.2 Å². The van der Waals surface area contributed by atoms with Gasteiger partial charge in [-0.15, -0.1) is 0 Å². The number of amides is 2. The van der Waals surface area contributed by atoms with Crippen molar-refractivity contribution in [2.24, 2.45) is 5.41 Å². The molecule has 2 fully saturated rings. The second-order valence-electron chi connectivity index (χ2n) is 12.3. The van der Waals surface area contributed by atoms with Crippen LogP contribution in [0.3, 0.4) is 0 Å². The fraction of sp³-hybridized carbons (Fsp3) is 0.342. The van der Waals surface area contributed by atoms with Crippen molar-refractivity contribution < 1.29 is 19.1 Å². The van der Waals surface area contributed by atoms with Crippen molar-refractivity contribution >= 4 is 47.3 Å². The third-order valence-electron chi connectivity index (χ3n) is 7.02. The van der Waals surface area contributed by atoms with Crippen LogP contribution in [-0.4, -0.2) is 43.2 Å². The van der Waals surface area contributed by atoms with Crippen LogP contribution < -0.4 is 26.5 Å². The van der Waals surface area contributed by atoms with E-state index in [1.807, 2.05) is 81.4 Å². The highest BCUT2D eigenvalue weighted by molar-refractivity contribution is 7.80. The number of ether oxygens (including phenoxy) is 2. The molecular formula is C38H46N3O4P. The van der Waals surface area contributed by atoms with E-state index in [1.54, 1.807) is 18.2 Å². The van der Waals surface area contributed by atoms with Crippen LogP contribution in [0.25, 0.3) is 0 Å². The molecule has 0 spiro atoms. The Bertz CT molecular complexity index is 1440. The highest BCUT2D eigenvalue weighted by Crippen LogP contribution is 2.34. The van der Waals surface area contributed by atoms with Crippen LogP contribution >= 0.6 is 7.92 Å². The number of carbonyl (C=O) groups is 2. The molecule has 3 aromatic carbocycles. The third kappa shape index (κ3) is 11.8. The molecule has 2 aliphatic rings. The van der Waals surface area contributed by atoms with E-state index in [4.69, 9.17) is 9.47 Å². The molecule has 0 aliphatic carbocycles. The summed E-state index contributed by atoms with van der Waals surface area (Å²) in [6, 6.07) is 33.5. The van der Waals surface area contributed by atoms with Crippen LogP contribution in [0.4, 0.5) is 11.6 Å². The summed E-state index contributed by atoms with van der Waals surface area (Å²) in [7, 11) is -0.944. The van der Waals surface area contributed by atoms with E-state index in [0.29, 0.717) is 23.6 Å². The maximum atomic E-state index is 13.5. The smallest absolute Gasteiger partial charge is 0.257 e. The van der Waals surface area contributed by atoms with Crippen LogP contribution in [-0.2, 0) is 14.3 Å². The second kappa shape index (κ2) is 18.3. The highest BCUT2D eigenvalue weighted by Gasteiger charge is 2.23. The Morgan fingerprint density at radius 1 is 0.652 bits per heavy atom. The van der Waals surface area contributed by atoms with Gasteiger partial charge in [0.2, 0.25) is 5.91 Å². The second-order valence-corrected chi connectivity index (χ2v) is 14.5. The van der Waals surface area contributed by atoms with E-state index < -0.39 is 7.92 Å². The van der Waals surface area contributed by atoms with E-state index in [2.05, 4.69) is 39.9 Å². The Morgan fingerprint density at radius 3 is 1.61 bits per heavy atom. The van der Waals surface area contributed by atoms with Crippen LogP contribution in [0.15, 0.2) is 103 Å². The van der Waals surface area contributed by atoms with E-state index in [1.165, 1.54) is 36.3 Å². The van der Waals surface area contributed by atoms with Gasteiger partial charge in [-0.1, -0.05) is 106 Å². The Morgan fingerprint density at radius 2 is 1.13 bits per heavy atom. The first-order chi connectivity index (χ1) is 22.3. The summed E-state index contributed by atoms with van der Waals surface area (Å²) in [5.41, 5.74) is 0.468. The molecule has 3 heterocycles. The maximum absolute atomic E-state index is 13.5. The molecule has 2 N–H and O–H groups in total. The van der Waals surface area contributed by atoms with Crippen LogP contribution in [0, 0.1) is 5.41 Å². The first-order valence-electron chi connectivity index (χ1n) is 16.0. The van der Waals surface area contributed by atoms with Crippen molar-refractivity contribution in [2.75, 3.05) is 37.1 Å². The lowest BCUT2D eigenvalue weighted by Gasteiger charge is -2.22. The summed E-state index contributed by atoms with van der Waals surface area (Å²) in [5, 5.41) is 9.06. The number of nitrogens with zero attached hydrogens (tertiary/aromatic N) is 1. The Labute approximate surface area is 274 Å². The zero-order chi connectivity index (χ0) is 32.6. The summed E-state index contributed by atoms with van der Waals surface area (Å²) in [5.74, 6) is 0.439. The minimum atomic E-state index is -0.944. The van der Waals surface area contributed by atoms with Gasteiger partial charge in [-0.3, -0.25) is 9.59 Å². The van der Waals surface area contributed by atoms with Crippen molar-refractivity contribution in [3.8, 4) is 0 Å². The molecule has 0 atom stereocenters. The molecule has 7 nitrogen and oxygen atoms in total. The summed E-state index contributed by atoms with van der Waals surface area (Å²) < 4.78 is 9.89. The fourth-order valence-electron chi connectivity index (χ4n) is 4.89. The topological polar surface area (TPSA) is 89.5 Å². The van der Waals surface area contributed by atoms with E-state index in [9.17, 15) is 9.59 Å². The molecule has 0 unspecified atom stereocenters. The highest BCUT2D eigenvalue weighted by atomic mass is 31.1. The third-order valence-corrected chi connectivity index (χ3v) is 9.52. The maximum Gasteiger partial charge on any atom is 0.257 e. The molecule has 242 valence electrons. The number of hydrogen-bond donors (Lipinski definition) is 2. The Hall–Kier alpha value is -3.90. The number of carbonyl (C=O) groups excluding carboxylic acids is 2. The van der Waals surface area contributed by atoms with E-state index in [0.717, 1.165) is 31.7 Å². The Kier molecular flexibility index (Phi) is 13.9. The number of rotatable bonds is 7. The lowest BCUT2D eigenvalue weighted by Crippen LogP contribution is -2.27. The van der Waals surface area contributed by atoms with Crippen LogP contribution in [0.2, 0.25) is 0 Å². The van der Waals surface area contributed by atoms with E-state index in [-0.39, 0.29) is 17.2 Å². The molecule has 46 heavy (non-hydrogen) atoms. The van der Waals surface area contributed by atoms with Crippen molar-refractivity contribution in [2.45, 2.75) is 52.9 Å². The normalized spacial score (nSPS) is 14.0. The average molecular weight is 640 g/mol. The van der Waals surface area contributed by atoms with Gasteiger partial charge >= 0.3 is 0 Å². The molecule has 2 aliphatic heterocycles. The van der Waals surface area contributed by atoms with Crippen molar-refractivity contribution in [1.82, 2.24) is 4.98 Å². The van der Waals surface area contributed by atoms with Gasteiger partial charge in [-0.2, -0.15) is 0 Å². The lowest BCUT2D eigenvalue weighted by molar-refractivity contribution is -0.117. The molecular weight excluding hydrogens is 593 g/mol. The molecule has 0 radical (unpaired) electrons. The number of hydrogen-bond acceptors (Lipinski definition) is 5. The molecule has 6 rings (SSSR count). The largest absolute Gasteiger partial charge is 0.381 e. The average Bonchev–Trinajstić information content (AvgIpc) is 3.82. The summed E-state index contributed by atoms with van der Waals surface area (Å²) in [6.07, 6.45) is 5.49. The molecule has 8 heteroatoms. The zero-order valence-corrected chi connectivity index (χ0v) is 28.1. The lowest BCUT2D eigenvalue weighted by atomic mass is 9.92. The van der Waals surface area contributed by atoms with Gasteiger partial charge in [0.25, 0.3) is 5.91 Å². The number of benzene rings is 3. The van der Waals surface area contributed by atoms with Gasteiger partial charge in [0, 0.05) is 38.4 Å². The van der Waals surface area contributed by atoms with Gasteiger partial charge in [0.15, 0.2) is 0 Å². The summed E-state index contributed by atoms with van der Waals surface area (Å²) >= 11 is 0. The minimum absolute atomic E-state index is 0.111.